The number of pyridine rings is 2. The van der Waals surface area contributed by atoms with E-state index in [2.05, 4.69) is 11.1 Å². The number of piperazine rings is 1. The van der Waals surface area contributed by atoms with E-state index in [9.17, 15) is 14.9 Å². The molecule has 3 aromatic heterocycles. The second kappa shape index (κ2) is 8.88. The van der Waals surface area contributed by atoms with Gasteiger partial charge in [0.05, 0.1) is 28.8 Å². The Bertz CT molecular complexity index is 1400. The highest BCUT2D eigenvalue weighted by molar-refractivity contribution is 7.12. The van der Waals surface area contributed by atoms with Crippen LogP contribution in [0.3, 0.4) is 0 Å². The predicted molar refractivity (Wildman–Crippen MR) is 129 cm³/mol. The molecular formula is C25H21N5O2S. The van der Waals surface area contributed by atoms with Crippen LogP contribution in [0.2, 0.25) is 0 Å². The molecular weight excluding hydrogens is 434 g/mol. The van der Waals surface area contributed by atoms with Crippen molar-refractivity contribution >= 4 is 33.8 Å². The van der Waals surface area contributed by atoms with Gasteiger partial charge in [-0.1, -0.05) is 36.4 Å². The first-order valence-electron chi connectivity index (χ1n) is 10.7. The number of anilines is 1. The number of aromatic nitrogens is 2. The predicted octanol–water partition coefficient (Wildman–Crippen LogP) is 3.34. The highest BCUT2D eigenvalue weighted by Gasteiger charge is 2.27. The number of rotatable bonds is 4. The van der Waals surface area contributed by atoms with E-state index >= 15 is 0 Å². The van der Waals surface area contributed by atoms with Crippen LogP contribution < -0.4 is 10.5 Å². The van der Waals surface area contributed by atoms with E-state index in [1.165, 1.54) is 11.3 Å². The molecule has 1 aliphatic rings. The number of hydrogen-bond donors (Lipinski definition) is 0. The maximum atomic E-state index is 13.4. The fourth-order valence-corrected chi connectivity index (χ4v) is 5.01. The van der Waals surface area contributed by atoms with Gasteiger partial charge < -0.3 is 14.4 Å². The summed E-state index contributed by atoms with van der Waals surface area (Å²) in [7, 11) is 0. The van der Waals surface area contributed by atoms with Crippen LogP contribution >= 0.6 is 11.3 Å². The molecule has 33 heavy (non-hydrogen) atoms. The first-order valence-corrected chi connectivity index (χ1v) is 11.6. The molecule has 0 saturated carbocycles. The van der Waals surface area contributed by atoms with E-state index < -0.39 is 0 Å². The summed E-state index contributed by atoms with van der Waals surface area (Å²) in [5, 5.41) is 12.7. The van der Waals surface area contributed by atoms with Crippen molar-refractivity contribution in [2.45, 2.75) is 6.54 Å². The molecule has 1 amide bonds. The zero-order valence-electron chi connectivity index (χ0n) is 17.8. The van der Waals surface area contributed by atoms with E-state index in [0.29, 0.717) is 43.9 Å². The minimum absolute atomic E-state index is 0.0255. The summed E-state index contributed by atoms with van der Waals surface area (Å²) in [6.45, 7) is 2.51. The molecule has 8 heteroatoms. The van der Waals surface area contributed by atoms with Gasteiger partial charge in [-0.2, -0.15) is 5.26 Å². The van der Waals surface area contributed by atoms with E-state index in [4.69, 9.17) is 0 Å². The SMILES string of the molecule is N#Cc1c(N2CCN(C(=O)c3cccs3)CC2)c2ccncc2n(Cc2ccccc2)c1=O. The molecule has 7 nitrogen and oxygen atoms in total. The standard InChI is InChI=1S/C25H21N5O2S/c26-15-20-23(28-10-12-29(13-11-28)25(32)22-7-4-14-33-22)19-8-9-27-16-21(19)30(24(20)31)17-18-5-2-1-3-6-18/h1-9,14,16H,10-13,17H2. The van der Waals surface area contributed by atoms with Gasteiger partial charge in [-0.3, -0.25) is 14.6 Å². The summed E-state index contributed by atoms with van der Waals surface area (Å²) in [5.41, 5.74) is 2.10. The molecule has 5 rings (SSSR count). The molecule has 4 heterocycles. The van der Waals surface area contributed by atoms with Crippen LogP contribution in [0.5, 0.6) is 0 Å². The van der Waals surface area contributed by atoms with E-state index in [0.717, 1.165) is 15.8 Å². The van der Waals surface area contributed by atoms with Crippen LogP contribution in [0.4, 0.5) is 5.69 Å². The first-order chi connectivity index (χ1) is 16.2. The van der Waals surface area contributed by atoms with Crippen molar-refractivity contribution in [1.29, 1.82) is 5.26 Å². The topological polar surface area (TPSA) is 82.2 Å². The lowest BCUT2D eigenvalue weighted by atomic mass is 10.1. The second-order valence-corrected chi connectivity index (χ2v) is 8.81. The van der Waals surface area contributed by atoms with Gasteiger partial charge in [0.2, 0.25) is 0 Å². The third kappa shape index (κ3) is 3.88. The fourth-order valence-electron chi connectivity index (χ4n) is 4.32. The van der Waals surface area contributed by atoms with Crippen molar-refractivity contribution < 1.29 is 4.79 Å². The van der Waals surface area contributed by atoms with Crippen molar-refractivity contribution in [2.75, 3.05) is 31.1 Å². The summed E-state index contributed by atoms with van der Waals surface area (Å²) in [6.07, 6.45) is 3.36. The third-order valence-corrected chi connectivity index (χ3v) is 6.81. The number of benzene rings is 1. The zero-order chi connectivity index (χ0) is 22.8. The number of hydrogen-bond acceptors (Lipinski definition) is 6. The van der Waals surface area contributed by atoms with Crippen molar-refractivity contribution in [2.24, 2.45) is 0 Å². The number of carbonyl (C=O) groups excluding carboxylic acids is 1. The third-order valence-electron chi connectivity index (χ3n) is 5.95. The molecule has 0 N–H and O–H groups in total. The number of fused-ring (bicyclic) bond motifs is 1. The molecule has 4 aromatic rings. The van der Waals surface area contributed by atoms with Gasteiger partial charge in [-0.25, -0.2) is 0 Å². The number of nitriles is 1. The minimum Gasteiger partial charge on any atom is -0.366 e. The van der Waals surface area contributed by atoms with Gasteiger partial charge in [0, 0.05) is 37.8 Å². The van der Waals surface area contributed by atoms with Crippen molar-refractivity contribution in [3.05, 3.63) is 92.7 Å². The molecule has 0 radical (unpaired) electrons. The van der Waals surface area contributed by atoms with Gasteiger partial charge in [-0.15, -0.1) is 11.3 Å². The Morgan fingerprint density at radius 1 is 1.06 bits per heavy atom. The summed E-state index contributed by atoms with van der Waals surface area (Å²) in [4.78, 5) is 35.0. The summed E-state index contributed by atoms with van der Waals surface area (Å²) < 4.78 is 1.62. The Labute approximate surface area is 194 Å². The number of nitrogens with zero attached hydrogens (tertiary/aromatic N) is 5. The lowest BCUT2D eigenvalue weighted by Crippen LogP contribution is -2.49. The van der Waals surface area contributed by atoms with Crippen molar-refractivity contribution in [3.8, 4) is 6.07 Å². The van der Waals surface area contributed by atoms with Gasteiger partial charge >= 0.3 is 0 Å². The molecule has 1 saturated heterocycles. The maximum Gasteiger partial charge on any atom is 0.271 e. The number of thiophene rings is 1. The number of carbonyl (C=O) groups is 1. The number of amides is 1. The normalized spacial score (nSPS) is 13.8. The first kappa shape index (κ1) is 20.9. The van der Waals surface area contributed by atoms with Crippen LogP contribution in [0, 0.1) is 11.3 Å². The van der Waals surface area contributed by atoms with Gasteiger partial charge in [0.25, 0.3) is 11.5 Å². The summed E-state index contributed by atoms with van der Waals surface area (Å²) in [5.74, 6) is 0.0255. The molecule has 0 spiro atoms. The van der Waals surface area contributed by atoms with Gasteiger partial charge in [0.15, 0.2) is 0 Å². The summed E-state index contributed by atoms with van der Waals surface area (Å²) in [6, 6.07) is 17.4. The van der Waals surface area contributed by atoms with Gasteiger partial charge in [-0.05, 0) is 23.1 Å². The Hall–Kier alpha value is -3.96. The smallest absolute Gasteiger partial charge is 0.271 e. The van der Waals surface area contributed by atoms with Crippen LogP contribution in [0.25, 0.3) is 10.9 Å². The average Bonchev–Trinajstić information content (AvgIpc) is 3.41. The Morgan fingerprint density at radius 2 is 1.85 bits per heavy atom. The largest absolute Gasteiger partial charge is 0.366 e. The van der Waals surface area contributed by atoms with E-state index in [-0.39, 0.29) is 17.0 Å². The monoisotopic (exact) mass is 455 g/mol. The molecule has 1 fully saturated rings. The minimum atomic E-state index is -0.325. The van der Waals surface area contributed by atoms with Crippen molar-refractivity contribution in [3.63, 3.8) is 0 Å². The quantitative estimate of drug-likeness (QED) is 0.471. The van der Waals surface area contributed by atoms with E-state index in [1.807, 2.05) is 63.7 Å². The molecule has 1 aliphatic heterocycles. The molecule has 164 valence electrons. The highest BCUT2D eigenvalue weighted by atomic mass is 32.1. The Kier molecular flexibility index (Phi) is 5.63. The lowest BCUT2D eigenvalue weighted by Gasteiger charge is -2.37. The van der Waals surface area contributed by atoms with Gasteiger partial charge in [0.1, 0.15) is 11.6 Å². The highest BCUT2D eigenvalue weighted by Crippen LogP contribution is 2.30. The Balaban J connectivity index is 1.52. The van der Waals surface area contributed by atoms with Crippen LogP contribution in [0.1, 0.15) is 20.8 Å². The zero-order valence-corrected chi connectivity index (χ0v) is 18.7. The molecule has 0 unspecified atom stereocenters. The molecule has 0 aliphatic carbocycles. The second-order valence-electron chi connectivity index (χ2n) is 7.86. The molecule has 1 aromatic carbocycles. The van der Waals surface area contributed by atoms with Crippen LogP contribution in [-0.4, -0.2) is 46.5 Å². The lowest BCUT2D eigenvalue weighted by molar-refractivity contribution is 0.0751. The van der Waals surface area contributed by atoms with Crippen LogP contribution in [0.15, 0.2) is 71.1 Å². The van der Waals surface area contributed by atoms with E-state index in [1.54, 1.807) is 17.0 Å². The van der Waals surface area contributed by atoms with Crippen LogP contribution in [-0.2, 0) is 6.54 Å². The maximum absolute atomic E-state index is 13.4. The van der Waals surface area contributed by atoms with Crippen molar-refractivity contribution in [1.82, 2.24) is 14.5 Å². The molecule has 0 atom stereocenters. The fraction of sp³-hybridized carbons (Fsp3) is 0.200. The Morgan fingerprint density at radius 3 is 2.55 bits per heavy atom. The molecule has 0 bridgehead atoms. The summed E-state index contributed by atoms with van der Waals surface area (Å²) >= 11 is 1.44. The average molecular weight is 456 g/mol.